The molecular formula is C18H16FN3O2. The van der Waals surface area contributed by atoms with Crippen LogP contribution in [0.3, 0.4) is 0 Å². The molecular weight excluding hydrogens is 309 g/mol. The third kappa shape index (κ3) is 3.78. The number of hydrogen-bond acceptors (Lipinski definition) is 3. The summed E-state index contributed by atoms with van der Waals surface area (Å²) in [6.07, 6.45) is 0.949. The molecule has 1 amide bonds. The number of amides is 1. The van der Waals surface area contributed by atoms with E-state index in [9.17, 15) is 9.18 Å². The van der Waals surface area contributed by atoms with E-state index in [-0.39, 0.29) is 11.7 Å². The van der Waals surface area contributed by atoms with Gasteiger partial charge in [0.25, 0.3) is 5.91 Å². The zero-order valence-corrected chi connectivity index (χ0v) is 13.0. The van der Waals surface area contributed by atoms with Gasteiger partial charge >= 0.3 is 0 Å². The highest BCUT2D eigenvalue weighted by Crippen LogP contribution is 2.21. The van der Waals surface area contributed by atoms with Gasteiger partial charge in [-0.1, -0.05) is 12.1 Å². The molecule has 3 rings (SSSR count). The Hall–Kier alpha value is -3.15. The maximum atomic E-state index is 12.9. The topological polar surface area (TPSA) is 67.0 Å². The first-order valence-corrected chi connectivity index (χ1v) is 7.45. The maximum Gasteiger partial charge on any atom is 0.265 e. The van der Waals surface area contributed by atoms with Crippen LogP contribution >= 0.6 is 0 Å². The summed E-state index contributed by atoms with van der Waals surface area (Å²) in [5.74, 6) is -0.207. The molecule has 0 fully saturated rings. The zero-order valence-electron chi connectivity index (χ0n) is 13.0. The second kappa shape index (κ2) is 6.95. The van der Waals surface area contributed by atoms with E-state index in [2.05, 4.69) is 15.5 Å². The highest BCUT2D eigenvalue weighted by molar-refractivity contribution is 5.94. The zero-order chi connectivity index (χ0) is 16.9. The fraction of sp³-hybridized carbons (Fsp3) is 0.111. The average Bonchev–Trinajstić information content (AvgIpc) is 3.12. The molecule has 1 aromatic heterocycles. The second-order valence-electron chi connectivity index (χ2n) is 5.25. The van der Waals surface area contributed by atoms with Gasteiger partial charge in [0.15, 0.2) is 6.10 Å². The molecule has 6 heteroatoms. The molecule has 2 aromatic carbocycles. The number of carbonyl (C=O) groups is 1. The van der Waals surface area contributed by atoms with Crippen molar-refractivity contribution in [2.24, 2.45) is 0 Å². The fourth-order valence-corrected chi connectivity index (χ4v) is 2.20. The van der Waals surface area contributed by atoms with E-state index in [1.54, 1.807) is 19.2 Å². The number of ether oxygens (including phenoxy) is 1. The van der Waals surface area contributed by atoms with Gasteiger partial charge in [-0.3, -0.25) is 9.89 Å². The van der Waals surface area contributed by atoms with Gasteiger partial charge in [-0.2, -0.15) is 5.10 Å². The molecule has 0 radical (unpaired) electrons. The monoisotopic (exact) mass is 325 g/mol. The van der Waals surface area contributed by atoms with Crippen molar-refractivity contribution in [1.29, 1.82) is 0 Å². The fourth-order valence-electron chi connectivity index (χ4n) is 2.20. The predicted molar refractivity (Wildman–Crippen MR) is 89.1 cm³/mol. The van der Waals surface area contributed by atoms with Gasteiger partial charge in [0, 0.05) is 17.4 Å². The van der Waals surface area contributed by atoms with Crippen molar-refractivity contribution in [3.8, 4) is 17.0 Å². The van der Waals surface area contributed by atoms with Crippen molar-refractivity contribution < 1.29 is 13.9 Å². The molecule has 0 saturated heterocycles. The minimum absolute atomic E-state index is 0.291. The van der Waals surface area contributed by atoms with Crippen LogP contribution < -0.4 is 10.1 Å². The van der Waals surface area contributed by atoms with Crippen LogP contribution in [-0.2, 0) is 4.79 Å². The van der Waals surface area contributed by atoms with Crippen molar-refractivity contribution in [3.05, 3.63) is 66.6 Å². The molecule has 1 unspecified atom stereocenters. The Kier molecular flexibility index (Phi) is 4.56. The van der Waals surface area contributed by atoms with Crippen molar-refractivity contribution >= 4 is 11.6 Å². The lowest BCUT2D eigenvalue weighted by atomic mass is 10.1. The molecule has 5 nitrogen and oxygen atoms in total. The van der Waals surface area contributed by atoms with Crippen LogP contribution in [0.25, 0.3) is 11.3 Å². The third-order valence-corrected chi connectivity index (χ3v) is 3.44. The number of rotatable bonds is 5. The van der Waals surface area contributed by atoms with E-state index in [1.807, 2.05) is 24.3 Å². The van der Waals surface area contributed by atoms with Crippen LogP contribution in [0.1, 0.15) is 6.92 Å². The number of carbonyl (C=O) groups excluding carboxylic acids is 1. The summed E-state index contributed by atoms with van der Waals surface area (Å²) in [6.45, 7) is 1.64. The third-order valence-electron chi connectivity index (χ3n) is 3.44. The molecule has 0 aliphatic carbocycles. The largest absolute Gasteiger partial charge is 0.481 e. The van der Waals surface area contributed by atoms with Crippen molar-refractivity contribution in [2.45, 2.75) is 13.0 Å². The minimum atomic E-state index is -0.716. The van der Waals surface area contributed by atoms with Gasteiger partial charge in [0.05, 0.1) is 5.69 Å². The number of hydrogen-bond donors (Lipinski definition) is 2. The van der Waals surface area contributed by atoms with Crippen LogP contribution in [0.2, 0.25) is 0 Å². The Balaban J connectivity index is 1.66. The first-order valence-electron chi connectivity index (χ1n) is 7.45. The summed E-state index contributed by atoms with van der Waals surface area (Å²) in [5.41, 5.74) is 2.43. The van der Waals surface area contributed by atoms with Crippen LogP contribution in [0.5, 0.6) is 5.75 Å². The number of aromatic nitrogens is 2. The molecule has 2 N–H and O–H groups in total. The predicted octanol–water partition coefficient (Wildman–Crippen LogP) is 3.62. The lowest BCUT2D eigenvalue weighted by molar-refractivity contribution is -0.122. The van der Waals surface area contributed by atoms with Gasteiger partial charge in [0.2, 0.25) is 0 Å². The standard InChI is InChI=1S/C18H16FN3O2/c1-12(24-16-7-5-14(19)6-8-16)18(23)21-15-4-2-3-13(11-15)17-9-10-20-22-17/h2-12H,1H3,(H,20,22)(H,21,23). The highest BCUT2D eigenvalue weighted by Gasteiger charge is 2.15. The van der Waals surface area contributed by atoms with Gasteiger partial charge in [0.1, 0.15) is 11.6 Å². The normalized spacial score (nSPS) is 11.8. The number of H-pyrrole nitrogens is 1. The van der Waals surface area contributed by atoms with Gasteiger partial charge in [-0.15, -0.1) is 0 Å². The van der Waals surface area contributed by atoms with Crippen LogP contribution in [-0.4, -0.2) is 22.2 Å². The van der Waals surface area contributed by atoms with E-state index in [1.165, 1.54) is 24.3 Å². The molecule has 3 aromatic rings. The summed E-state index contributed by atoms with van der Waals surface area (Å²) < 4.78 is 18.4. The van der Waals surface area contributed by atoms with Crippen LogP contribution in [0.4, 0.5) is 10.1 Å². The van der Waals surface area contributed by atoms with Gasteiger partial charge < -0.3 is 10.1 Å². The van der Waals surface area contributed by atoms with Gasteiger partial charge in [-0.05, 0) is 49.4 Å². The number of benzene rings is 2. The Morgan fingerprint density at radius 3 is 2.71 bits per heavy atom. The van der Waals surface area contributed by atoms with Crippen molar-refractivity contribution in [3.63, 3.8) is 0 Å². The number of aromatic amines is 1. The Morgan fingerprint density at radius 1 is 1.21 bits per heavy atom. The molecule has 0 spiro atoms. The van der Waals surface area contributed by atoms with Crippen LogP contribution in [0.15, 0.2) is 60.8 Å². The molecule has 1 atom stereocenters. The first-order chi connectivity index (χ1) is 11.6. The molecule has 0 aliphatic rings. The van der Waals surface area contributed by atoms with Crippen molar-refractivity contribution in [1.82, 2.24) is 10.2 Å². The lowest BCUT2D eigenvalue weighted by Gasteiger charge is -2.15. The maximum absolute atomic E-state index is 12.9. The Morgan fingerprint density at radius 2 is 2.00 bits per heavy atom. The van der Waals surface area contributed by atoms with E-state index in [4.69, 9.17) is 4.74 Å². The van der Waals surface area contributed by atoms with E-state index in [0.717, 1.165) is 11.3 Å². The average molecular weight is 325 g/mol. The molecule has 122 valence electrons. The first kappa shape index (κ1) is 15.7. The molecule has 0 saturated carbocycles. The second-order valence-corrected chi connectivity index (χ2v) is 5.25. The molecule has 24 heavy (non-hydrogen) atoms. The number of halogens is 1. The number of nitrogens with zero attached hydrogens (tertiary/aromatic N) is 1. The number of nitrogens with one attached hydrogen (secondary N) is 2. The smallest absolute Gasteiger partial charge is 0.265 e. The van der Waals surface area contributed by atoms with E-state index in [0.29, 0.717) is 11.4 Å². The summed E-state index contributed by atoms with van der Waals surface area (Å²) in [7, 11) is 0. The summed E-state index contributed by atoms with van der Waals surface area (Å²) in [5, 5.41) is 9.59. The van der Waals surface area contributed by atoms with Gasteiger partial charge in [-0.25, -0.2) is 4.39 Å². The van der Waals surface area contributed by atoms with E-state index < -0.39 is 6.10 Å². The minimum Gasteiger partial charge on any atom is -0.481 e. The molecule has 1 heterocycles. The van der Waals surface area contributed by atoms with Crippen LogP contribution in [0, 0.1) is 5.82 Å². The summed E-state index contributed by atoms with van der Waals surface area (Å²) >= 11 is 0. The van der Waals surface area contributed by atoms with Crippen molar-refractivity contribution in [2.75, 3.05) is 5.32 Å². The highest BCUT2D eigenvalue weighted by atomic mass is 19.1. The molecule has 0 bridgehead atoms. The quantitative estimate of drug-likeness (QED) is 0.753. The lowest BCUT2D eigenvalue weighted by Crippen LogP contribution is -2.30. The van der Waals surface area contributed by atoms with E-state index >= 15 is 0 Å². The molecule has 0 aliphatic heterocycles. The Bertz CT molecular complexity index is 817. The number of anilines is 1. The SMILES string of the molecule is CC(Oc1ccc(F)cc1)C(=O)Nc1cccc(-c2ccn[nH]2)c1. The summed E-state index contributed by atoms with van der Waals surface area (Å²) in [4.78, 5) is 12.3. The summed E-state index contributed by atoms with van der Waals surface area (Å²) in [6, 6.07) is 14.8. The Labute approximate surface area is 138 Å².